The van der Waals surface area contributed by atoms with Gasteiger partial charge >= 0.3 is 0 Å². The Labute approximate surface area is 84.3 Å². The molecule has 72 valence electrons. The average Bonchev–Trinajstić information content (AvgIpc) is 2.65. The van der Waals surface area contributed by atoms with Gasteiger partial charge in [0.25, 0.3) is 0 Å². The molecule has 0 aromatic heterocycles. The van der Waals surface area contributed by atoms with Gasteiger partial charge in [0.1, 0.15) is 0 Å². The average molecular weight is 186 g/mol. The third-order valence-electron chi connectivity index (χ3n) is 2.98. The van der Waals surface area contributed by atoms with Gasteiger partial charge in [-0.1, -0.05) is 12.1 Å². The number of nitrogens with zero attached hydrogens (tertiary/aromatic N) is 1. The van der Waals surface area contributed by atoms with Crippen LogP contribution in [0.15, 0.2) is 24.3 Å². The van der Waals surface area contributed by atoms with Crippen LogP contribution in [0.2, 0.25) is 0 Å². The van der Waals surface area contributed by atoms with Crippen LogP contribution in [0.3, 0.4) is 0 Å². The molecular formula is C12H14N2. The first kappa shape index (κ1) is 9.23. The number of hydrogen-bond acceptors (Lipinski definition) is 2. The summed E-state index contributed by atoms with van der Waals surface area (Å²) in [6.07, 6.45) is 3.41. The molecule has 0 saturated heterocycles. The van der Waals surface area contributed by atoms with E-state index in [0.29, 0.717) is 12.0 Å². The molecule has 1 fully saturated rings. The summed E-state index contributed by atoms with van der Waals surface area (Å²) in [6, 6.07) is 10.4. The SMILES string of the molecule is N#Cc1ccc([C@@H]2CC[C@H](N)C2)cc1. The molecule has 0 amide bonds. The van der Waals surface area contributed by atoms with Crippen molar-refractivity contribution in [3.05, 3.63) is 35.4 Å². The van der Waals surface area contributed by atoms with Gasteiger partial charge in [0.2, 0.25) is 0 Å². The van der Waals surface area contributed by atoms with Gasteiger partial charge in [-0.05, 0) is 42.9 Å². The molecule has 1 aromatic rings. The molecule has 0 aliphatic heterocycles. The summed E-state index contributed by atoms with van der Waals surface area (Å²) < 4.78 is 0. The maximum absolute atomic E-state index is 8.67. The molecule has 1 aliphatic rings. The Morgan fingerprint density at radius 3 is 2.43 bits per heavy atom. The molecule has 1 aliphatic carbocycles. The first-order valence-corrected chi connectivity index (χ1v) is 5.05. The zero-order chi connectivity index (χ0) is 9.97. The van der Waals surface area contributed by atoms with Crippen LogP contribution in [0.5, 0.6) is 0 Å². The molecule has 2 atom stereocenters. The fourth-order valence-corrected chi connectivity index (χ4v) is 2.15. The molecule has 2 N–H and O–H groups in total. The Balaban J connectivity index is 2.14. The molecule has 1 saturated carbocycles. The number of nitrogens with two attached hydrogens (primary N) is 1. The van der Waals surface area contributed by atoms with Gasteiger partial charge in [-0.15, -0.1) is 0 Å². The van der Waals surface area contributed by atoms with Crippen molar-refractivity contribution in [3.63, 3.8) is 0 Å². The standard InChI is InChI=1S/C12H14N2/c13-8-9-1-3-10(4-2-9)11-5-6-12(14)7-11/h1-4,11-12H,5-7,14H2/t11-,12+/m1/s1. The Morgan fingerprint density at radius 2 is 1.93 bits per heavy atom. The van der Waals surface area contributed by atoms with Crippen molar-refractivity contribution in [2.24, 2.45) is 5.73 Å². The summed E-state index contributed by atoms with van der Waals surface area (Å²) in [4.78, 5) is 0. The Morgan fingerprint density at radius 1 is 1.21 bits per heavy atom. The highest BCUT2D eigenvalue weighted by molar-refractivity contribution is 5.33. The van der Waals surface area contributed by atoms with Crippen LogP contribution < -0.4 is 5.73 Å². The van der Waals surface area contributed by atoms with Crippen molar-refractivity contribution in [2.45, 2.75) is 31.2 Å². The van der Waals surface area contributed by atoms with Crippen molar-refractivity contribution in [3.8, 4) is 6.07 Å². The summed E-state index contributed by atoms with van der Waals surface area (Å²) in [5.41, 5.74) is 7.93. The molecule has 0 bridgehead atoms. The van der Waals surface area contributed by atoms with Gasteiger partial charge in [-0.3, -0.25) is 0 Å². The zero-order valence-corrected chi connectivity index (χ0v) is 8.11. The van der Waals surface area contributed by atoms with Crippen molar-refractivity contribution in [2.75, 3.05) is 0 Å². The van der Waals surface area contributed by atoms with E-state index >= 15 is 0 Å². The second-order valence-electron chi connectivity index (χ2n) is 4.00. The molecule has 2 rings (SSSR count). The maximum atomic E-state index is 8.67. The second-order valence-corrected chi connectivity index (χ2v) is 4.00. The number of nitriles is 1. The lowest BCUT2D eigenvalue weighted by atomic mass is 9.97. The van der Waals surface area contributed by atoms with Gasteiger partial charge in [-0.2, -0.15) is 5.26 Å². The van der Waals surface area contributed by atoms with Crippen LogP contribution in [-0.4, -0.2) is 6.04 Å². The highest BCUT2D eigenvalue weighted by Crippen LogP contribution is 2.33. The van der Waals surface area contributed by atoms with E-state index in [9.17, 15) is 0 Å². The lowest BCUT2D eigenvalue weighted by Crippen LogP contribution is -2.14. The molecule has 1 aromatic carbocycles. The lowest BCUT2D eigenvalue weighted by molar-refractivity contribution is 0.674. The van der Waals surface area contributed by atoms with Gasteiger partial charge in [0, 0.05) is 6.04 Å². The van der Waals surface area contributed by atoms with E-state index in [0.717, 1.165) is 18.4 Å². The van der Waals surface area contributed by atoms with Crippen LogP contribution in [0, 0.1) is 11.3 Å². The summed E-state index contributed by atoms with van der Waals surface area (Å²) in [7, 11) is 0. The quantitative estimate of drug-likeness (QED) is 0.730. The van der Waals surface area contributed by atoms with Crippen LogP contribution in [-0.2, 0) is 0 Å². The van der Waals surface area contributed by atoms with Crippen molar-refractivity contribution >= 4 is 0 Å². The van der Waals surface area contributed by atoms with Crippen molar-refractivity contribution in [1.82, 2.24) is 0 Å². The molecule has 14 heavy (non-hydrogen) atoms. The van der Waals surface area contributed by atoms with Crippen LogP contribution in [0.1, 0.15) is 36.3 Å². The number of benzene rings is 1. The van der Waals surface area contributed by atoms with Crippen molar-refractivity contribution in [1.29, 1.82) is 5.26 Å². The monoisotopic (exact) mass is 186 g/mol. The van der Waals surface area contributed by atoms with Crippen molar-refractivity contribution < 1.29 is 0 Å². The van der Waals surface area contributed by atoms with E-state index in [1.807, 2.05) is 12.1 Å². The topological polar surface area (TPSA) is 49.8 Å². The highest BCUT2D eigenvalue weighted by Gasteiger charge is 2.22. The summed E-state index contributed by atoms with van der Waals surface area (Å²) in [5, 5.41) is 8.67. The normalized spacial score (nSPS) is 26.0. The van der Waals surface area contributed by atoms with E-state index in [2.05, 4.69) is 18.2 Å². The third kappa shape index (κ3) is 1.78. The Hall–Kier alpha value is -1.33. The minimum absolute atomic E-state index is 0.371. The highest BCUT2D eigenvalue weighted by atomic mass is 14.6. The molecule has 0 unspecified atom stereocenters. The van der Waals surface area contributed by atoms with E-state index in [1.54, 1.807) is 0 Å². The Bertz CT molecular complexity index is 348. The van der Waals surface area contributed by atoms with Crippen LogP contribution in [0.4, 0.5) is 0 Å². The predicted octanol–water partition coefficient (Wildman–Crippen LogP) is 2.15. The summed E-state index contributed by atoms with van der Waals surface area (Å²) in [5.74, 6) is 0.609. The van der Waals surface area contributed by atoms with E-state index < -0.39 is 0 Å². The van der Waals surface area contributed by atoms with Gasteiger partial charge < -0.3 is 5.73 Å². The van der Waals surface area contributed by atoms with Crippen LogP contribution in [0.25, 0.3) is 0 Å². The summed E-state index contributed by atoms with van der Waals surface area (Å²) in [6.45, 7) is 0. The smallest absolute Gasteiger partial charge is 0.0991 e. The first-order chi connectivity index (χ1) is 6.79. The minimum atomic E-state index is 0.371. The van der Waals surface area contributed by atoms with E-state index in [4.69, 9.17) is 11.0 Å². The molecule has 0 heterocycles. The molecule has 2 nitrogen and oxygen atoms in total. The second kappa shape index (κ2) is 3.81. The van der Waals surface area contributed by atoms with E-state index in [1.165, 1.54) is 12.0 Å². The van der Waals surface area contributed by atoms with Gasteiger partial charge in [-0.25, -0.2) is 0 Å². The molecule has 0 spiro atoms. The fourth-order valence-electron chi connectivity index (χ4n) is 2.15. The number of rotatable bonds is 1. The largest absolute Gasteiger partial charge is 0.328 e. The fraction of sp³-hybridized carbons (Fsp3) is 0.417. The third-order valence-corrected chi connectivity index (χ3v) is 2.98. The summed E-state index contributed by atoms with van der Waals surface area (Å²) >= 11 is 0. The zero-order valence-electron chi connectivity index (χ0n) is 8.11. The molecule has 2 heteroatoms. The van der Waals surface area contributed by atoms with Crippen LogP contribution >= 0.6 is 0 Å². The van der Waals surface area contributed by atoms with E-state index in [-0.39, 0.29) is 0 Å². The molecular weight excluding hydrogens is 172 g/mol. The predicted molar refractivity (Wildman–Crippen MR) is 55.7 cm³/mol. The minimum Gasteiger partial charge on any atom is -0.328 e. The molecule has 0 radical (unpaired) electrons. The number of hydrogen-bond donors (Lipinski definition) is 1. The lowest BCUT2D eigenvalue weighted by Gasteiger charge is -2.09. The van der Waals surface area contributed by atoms with Gasteiger partial charge in [0.15, 0.2) is 0 Å². The Kier molecular flexibility index (Phi) is 2.51. The first-order valence-electron chi connectivity index (χ1n) is 5.05. The maximum Gasteiger partial charge on any atom is 0.0991 e. The van der Waals surface area contributed by atoms with Gasteiger partial charge in [0.05, 0.1) is 11.6 Å².